The highest BCUT2D eigenvalue weighted by molar-refractivity contribution is 6.29. The van der Waals surface area contributed by atoms with Crippen molar-refractivity contribution in [3.8, 4) is 0 Å². The second-order valence-corrected chi connectivity index (χ2v) is 5.07. The van der Waals surface area contributed by atoms with E-state index < -0.39 is 0 Å². The summed E-state index contributed by atoms with van der Waals surface area (Å²) in [6.45, 7) is 9.11. The van der Waals surface area contributed by atoms with Gasteiger partial charge in [-0.25, -0.2) is 4.98 Å². The van der Waals surface area contributed by atoms with E-state index in [-0.39, 0.29) is 5.91 Å². The van der Waals surface area contributed by atoms with E-state index in [1.807, 2.05) is 6.92 Å². The number of halogens is 1. The lowest BCUT2D eigenvalue weighted by Crippen LogP contribution is -2.27. The molecule has 1 rings (SSSR count). The van der Waals surface area contributed by atoms with Crippen molar-refractivity contribution in [2.45, 2.75) is 26.7 Å². The Kier molecular flexibility index (Phi) is 7.26. The normalized spacial score (nSPS) is 10.3. The molecule has 1 aromatic rings. The van der Waals surface area contributed by atoms with Crippen molar-refractivity contribution in [1.29, 1.82) is 0 Å². The highest BCUT2D eigenvalue weighted by Crippen LogP contribution is 2.12. The number of carbonyl (C=O) groups is 1. The maximum Gasteiger partial charge on any atom is 0.251 e. The highest BCUT2D eigenvalue weighted by atomic mass is 35.5. The van der Waals surface area contributed by atoms with Gasteiger partial charge in [0.1, 0.15) is 5.15 Å². The van der Waals surface area contributed by atoms with Gasteiger partial charge in [0.2, 0.25) is 0 Å². The quantitative estimate of drug-likeness (QED) is 0.456. The lowest BCUT2D eigenvalue weighted by Gasteiger charge is -2.08. The second kappa shape index (κ2) is 8.72. The summed E-state index contributed by atoms with van der Waals surface area (Å²) in [4.78, 5) is 16.2. The molecule has 0 fully saturated rings. The van der Waals surface area contributed by atoms with Gasteiger partial charge < -0.3 is 10.1 Å². The number of ether oxygens (including phenoxy) is 1. The lowest BCUT2D eigenvalue weighted by atomic mass is 10.1. The van der Waals surface area contributed by atoms with E-state index in [4.69, 9.17) is 16.3 Å². The van der Waals surface area contributed by atoms with Crippen molar-refractivity contribution in [1.82, 2.24) is 10.3 Å². The number of nitrogens with one attached hydrogen (secondary N) is 1. The minimum Gasteiger partial charge on any atom is -0.375 e. The molecule has 0 bridgehead atoms. The van der Waals surface area contributed by atoms with Crippen LogP contribution in [0.4, 0.5) is 0 Å². The minimum absolute atomic E-state index is 0.162. The van der Waals surface area contributed by atoms with Crippen molar-refractivity contribution in [3.63, 3.8) is 0 Å². The molecule has 0 aromatic carbocycles. The zero-order chi connectivity index (χ0) is 15.0. The van der Waals surface area contributed by atoms with Gasteiger partial charge in [0.05, 0.1) is 13.2 Å². The third-order valence-electron chi connectivity index (χ3n) is 2.50. The smallest absolute Gasteiger partial charge is 0.251 e. The Morgan fingerprint density at radius 2 is 2.25 bits per heavy atom. The van der Waals surface area contributed by atoms with Gasteiger partial charge in [0.25, 0.3) is 5.91 Å². The second-order valence-electron chi connectivity index (χ2n) is 4.69. The molecule has 0 aliphatic rings. The predicted molar refractivity (Wildman–Crippen MR) is 81.2 cm³/mol. The van der Waals surface area contributed by atoms with Crippen LogP contribution in [-0.2, 0) is 11.2 Å². The van der Waals surface area contributed by atoms with Gasteiger partial charge in [-0.1, -0.05) is 37.1 Å². The standard InChI is InChI=1S/C15H21ClN2O2/c1-4-5-13-8-12(9-14(16)18-13)15(19)17-6-7-20-10-11(2)3/h8-9H,2,4-7,10H2,1,3H3,(H,17,19). The summed E-state index contributed by atoms with van der Waals surface area (Å²) < 4.78 is 5.31. The van der Waals surface area contributed by atoms with Gasteiger partial charge in [-0.15, -0.1) is 0 Å². The van der Waals surface area contributed by atoms with Crippen LogP contribution in [0.5, 0.6) is 0 Å². The molecular formula is C15H21ClN2O2. The SMILES string of the molecule is C=C(C)COCCNC(=O)c1cc(Cl)nc(CCC)c1. The third kappa shape index (κ3) is 6.17. The first-order valence-corrected chi connectivity index (χ1v) is 7.07. The van der Waals surface area contributed by atoms with Crippen LogP contribution in [0, 0.1) is 0 Å². The Balaban J connectivity index is 2.48. The van der Waals surface area contributed by atoms with E-state index in [9.17, 15) is 4.79 Å². The summed E-state index contributed by atoms with van der Waals surface area (Å²) >= 11 is 5.92. The fourth-order valence-electron chi connectivity index (χ4n) is 1.65. The first kappa shape index (κ1) is 16.7. The predicted octanol–water partition coefficient (Wildman–Crippen LogP) is 3.01. The minimum atomic E-state index is -0.162. The van der Waals surface area contributed by atoms with Crippen molar-refractivity contribution in [3.05, 3.63) is 40.7 Å². The topological polar surface area (TPSA) is 51.2 Å². The van der Waals surface area contributed by atoms with E-state index in [1.54, 1.807) is 12.1 Å². The first-order chi connectivity index (χ1) is 9.52. The van der Waals surface area contributed by atoms with Crippen molar-refractivity contribution in [2.75, 3.05) is 19.8 Å². The molecule has 1 heterocycles. The summed E-state index contributed by atoms with van der Waals surface area (Å²) in [6.07, 6.45) is 1.77. The number of hydrogen-bond donors (Lipinski definition) is 1. The molecule has 20 heavy (non-hydrogen) atoms. The van der Waals surface area contributed by atoms with Crippen LogP contribution in [0.2, 0.25) is 5.15 Å². The average Bonchev–Trinajstić information content (AvgIpc) is 2.37. The van der Waals surface area contributed by atoms with Gasteiger partial charge in [-0.2, -0.15) is 0 Å². The number of nitrogens with zero attached hydrogens (tertiary/aromatic N) is 1. The van der Waals surface area contributed by atoms with Gasteiger partial charge in [0, 0.05) is 17.8 Å². The summed E-state index contributed by atoms with van der Waals surface area (Å²) in [5.41, 5.74) is 2.33. The molecule has 0 saturated heterocycles. The average molecular weight is 297 g/mol. The molecule has 0 spiro atoms. The zero-order valence-electron chi connectivity index (χ0n) is 12.0. The molecular weight excluding hydrogens is 276 g/mol. The van der Waals surface area contributed by atoms with Crippen LogP contribution in [0.3, 0.4) is 0 Å². The van der Waals surface area contributed by atoms with Gasteiger partial charge >= 0.3 is 0 Å². The Morgan fingerprint density at radius 1 is 1.50 bits per heavy atom. The molecule has 1 amide bonds. The number of pyridine rings is 1. The van der Waals surface area contributed by atoms with Gasteiger partial charge in [0.15, 0.2) is 0 Å². The Morgan fingerprint density at radius 3 is 2.90 bits per heavy atom. The molecule has 1 aromatic heterocycles. The first-order valence-electron chi connectivity index (χ1n) is 6.69. The summed E-state index contributed by atoms with van der Waals surface area (Å²) in [5.74, 6) is -0.162. The molecule has 0 aliphatic heterocycles. The number of hydrogen-bond acceptors (Lipinski definition) is 3. The van der Waals surface area contributed by atoms with Crippen molar-refractivity contribution < 1.29 is 9.53 Å². The van der Waals surface area contributed by atoms with Crippen LogP contribution in [0.1, 0.15) is 36.3 Å². The lowest BCUT2D eigenvalue weighted by molar-refractivity contribution is 0.0926. The van der Waals surface area contributed by atoms with Gasteiger partial charge in [-0.3, -0.25) is 4.79 Å². The van der Waals surface area contributed by atoms with Crippen molar-refractivity contribution in [2.24, 2.45) is 0 Å². The van der Waals surface area contributed by atoms with E-state index in [2.05, 4.69) is 23.8 Å². The number of rotatable bonds is 8. The zero-order valence-corrected chi connectivity index (χ0v) is 12.8. The number of aryl methyl sites for hydroxylation is 1. The van der Waals surface area contributed by atoms with Crippen molar-refractivity contribution >= 4 is 17.5 Å². The molecule has 0 radical (unpaired) electrons. The highest BCUT2D eigenvalue weighted by Gasteiger charge is 2.08. The summed E-state index contributed by atoms with van der Waals surface area (Å²) in [7, 11) is 0. The molecule has 0 unspecified atom stereocenters. The van der Waals surface area contributed by atoms with Crippen LogP contribution < -0.4 is 5.32 Å². The molecule has 0 atom stereocenters. The fraction of sp³-hybridized carbons (Fsp3) is 0.467. The van der Waals surface area contributed by atoms with Crippen LogP contribution >= 0.6 is 11.6 Å². The Hall–Kier alpha value is -1.39. The molecule has 0 aliphatic carbocycles. The molecule has 4 nitrogen and oxygen atoms in total. The summed E-state index contributed by atoms with van der Waals surface area (Å²) in [6, 6.07) is 3.35. The largest absolute Gasteiger partial charge is 0.375 e. The van der Waals surface area contributed by atoms with E-state index in [1.165, 1.54) is 0 Å². The maximum absolute atomic E-state index is 12.0. The van der Waals surface area contributed by atoms with Crippen LogP contribution in [-0.4, -0.2) is 30.6 Å². The van der Waals surface area contributed by atoms with E-state index in [0.717, 1.165) is 24.1 Å². The molecule has 0 saturated carbocycles. The Labute approximate surface area is 125 Å². The fourth-order valence-corrected chi connectivity index (χ4v) is 1.88. The molecule has 110 valence electrons. The van der Waals surface area contributed by atoms with E-state index >= 15 is 0 Å². The van der Waals surface area contributed by atoms with Gasteiger partial charge in [-0.05, 0) is 25.5 Å². The monoisotopic (exact) mass is 296 g/mol. The van der Waals surface area contributed by atoms with E-state index in [0.29, 0.717) is 30.5 Å². The van der Waals surface area contributed by atoms with Crippen LogP contribution in [0.15, 0.2) is 24.3 Å². The number of amides is 1. The van der Waals surface area contributed by atoms with Crippen LogP contribution in [0.25, 0.3) is 0 Å². The summed E-state index contributed by atoms with van der Waals surface area (Å²) in [5, 5.41) is 3.14. The number of aromatic nitrogens is 1. The molecule has 1 N–H and O–H groups in total. The molecule has 5 heteroatoms. The maximum atomic E-state index is 12.0. The Bertz CT molecular complexity index is 475. The number of carbonyl (C=O) groups excluding carboxylic acids is 1. The third-order valence-corrected chi connectivity index (χ3v) is 2.69.